The van der Waals surface area contributed by atoms with Crippen LogP contribution >= 0.6 is 0 Å². The second-order valence-electron chi connectivity index (χ2n) is 12.0. The van der Waals surface area contributed by atoms with E-state index in [2.05, 4.69) is 38.1 Å². The Morgan fingerprint density at radius 1 is 0.658 bits per heavy atom. The van der Waals surface area contributed by atoms with Crippen molar-refractivity contribution >= 4 is 0 Å². The second kappa shape index (κ2) is 18.5. The molecule has 2 aromatic carbocycles. The van der Waals surface area contributed by atoms with Crippen LogP contribution in [0.25, 0.3) is 11.1 Å². The lowest BCUT2D eigenvalue weighted by molar-refractivity contribution is 0.177. The molecule has 0 spiro atoms. The summed E-state index contributed by atoms with van der Waals surface area (Å²) >= 11 is 0. The van der Waals surface area contributed by atoms with Gasteiger partial charge in [0.15, 0.2) is 0 Å². The van der Waals surface area contributed by atoms with E-state index in [1.165, 1.54) is 121 Å². The molecule has 0 unspecified atom stereocenters. The maximum atomic E-state index is 14.9. The molecular formula is C36H55FO. The van der Waals surface area contributed by atoms with E-state index >= 15 is 0 Å². The molecule has 0 aromatic heterocycles. The summed E-state index contributed by atoms with van der Waals surface area (Å²) in [6.45, 7) is 5.26. The van der Waals surface area contributed by atoms with Gasteiger partial charge in [-0.15, -0.1) is 0 Å². The maximum absolute atomic E-state index is 14.9. The summed E-state index contributed by atoms with van der Waals surface area (Å²) in [5, 5.41) is 0. The Kier molecular flexibility index (Phi) is 14.9. The van der Waals surface area contributed by atoms with E-state index in [0.29, 0.717) is 17.2 Å². The van der Waals surface area contributed by atoms with Crippen molar-refractivity contribution in [2.75, 3.05) is 6.61 Å². The zero-order valence-electron chi connectivity index (χ0n) is 24.6. The number of hydrogen-bond donors (Lipinski definition) is 0. The molecule has 0 bridgehead atoms. The lowest BCUT2D eigenvalue weighted by atomic mass is 9.80. The SMILES string of the molecule is CCCCCCCCCCC1CCC(COc2ccc(-c3ccc(CCCCCCC)cc3)c(F)c2)CC1. The fourth-order valence-corrected chi connectivity index (χ4v) is 6.07. The molecule has 0 saturated heterocycles. The zero-order chi connectivity index (χ0) is 26.8. The van der Waals surface area contributed by atoms with Crippen molar-refractivity contribution in [2.45, 2.75) is 136 Å². The highest BCUT2D eigenvalue weighted by molar-refractivity contribution is 5.65. The zero-order valence-corrected chi connectivity index (χ0v) is 24.6. The Morgan fingerprint density at radius 2 is 1.24 bits per heavy atom. The molecule has 0 radical (unpaired) electrons. The lowest BCUT2D eigenvalue weighted by Gasteiger charge is -2.28. The first kappa shape index (κ1) is 30.7. The van der Waals surface area contributed by atoms with Crippen molar-refractivity contribution in [3.63, 3.8) is 0 Å². The van der Waals surface area contributed by atoms with E-state index in [0.717, 1.165) is 24.5 Å². The van der Waals surface area contributed by atoms with Gasteiger partial charge in [0.25, 0.3) is 0 Å². The summed E-state index contributed by atoms with van der Waals surface area (Å²) in [6.07, 6.45) is 25.5. The molecule has 0 heterocycles. The van der Waals surface area contributed by atoms with Gasteiger partial charge in [-0.2, -0.15) is 0 Å². The molecule has 212 valence electrons. The molecule has 1 aliphatic carbocycles. The summed E-state index contributed by atoms with van der Waals surface area (Å²) in [6, 6.07) is 13.8. The van der Waals surface area contributed by atoms with Gasteiger partial charge in [-0.1, -0.05) is 134 Å². The van der Waals surface area contributed by atoms with Gasteiger partial charge in [0, 0.05) is 11.6 Å². The van der Waals surface area contributed by atoms with Gasteiger partial charge in [0.05, 0.1) is 6.61 Å². The van der Waals surface area contributed by atoms with Gasteiger partial charge in [0.1, 0.15) is 11.6 Å². The molecule has 2 heteroatoms. The van der Waals surface area contributed by atoms with Crippen LogP contribution in [0.4, 0.5) is 4.39 Å². The molecule has 38 heavy (non-hydrogen) atoms. The first-order valence-corrected chi connectivity index (χ1v) is 16.2. The molecule has 1 fully saturated rings. The van der Waals surface area contributed by atoms with Crippen LogP contribution in [-0.4, -0.2) is 6.61 Å². The number of halogens is 1. The standard InChI is InChI=1S/C36H55FO/c1-3-5-7-9-10-11-13-15-16-30-18-20-32(21-19-30)29-38-34-26-27-35(36(37)28-34)33-24-22-31(23-25-33)17-14-12-8-6-4-2/h22-28,30,32H,3-21,29H2,1-2H3. The van der Waals surface area contributed by atoms with Crippen molar-refractivity contribution in [1.82, 2.24) is 0 Å². The van der Waals surface area contributed by atoms with Gasteiger partial charge in [-0.3, -0.25) is 0 Å². The van der Waals surface area contributed by atoms with Gasteiger partial charge in [0.2, 0.25) is 0 Å². The average molecular weight is 523 g/mol. The highest BCUT2D eigenvalue weighted by Gasteiger charge is 2.21. The third-order valence-corrected chi connectivity index (χ3v) is 8.69. The minimum Gasteiger partial charge on any atom is -0.493 e. The molecule has 2 aromatic rings. The first-order valence-electron chi connectivity index (χ1n) is 16.2. The second-order valence-corrected chi connectivity index (χ2v) is 12.0. The van der Waals surface area contributed by atoms with E-state index < -0.39 is 0 Å². The van der Waals surface area contributed by atoms with Gasteiger partial charge in [-0.05, 0) is 60.8 Å². The molecule has 3 rings (SSSR count). The summed E-state index contributed by atoms with van der Waals surface area (Å²) in [5.41, 5.74) is 2.95. The van der Waals surface area contributed by atoms with Crippen LogP contribution in [0.1, 0.15) is 135 Å². The number of benzene rings is 2. The van der Waals surface area contributed by atoms with Crippen LogP contribution < -0.4 is 4.74 Å². The Morgan fingerprint density at radius 3 is 1.87 bits per heavy atom. The molecule has 0 N–H and O–H groups in total. The van der Waals surface area contributed by atoms with Crippen LogP contribution in [-0.2, 0) is 6.42 Å². The van der Waals surface area contributed by atoms with Crippen molar-refractivity contribution in [3.8, 4) is 16.9 Å². The fraction of sp³-hybridized carbons (Fsp3) is 0.667. The Hall–Kier alpha value is -1.83. The molecule has 0 amide bonds. The van der Waals surface area contributed by atoms with Crippen molar-refractivity contribution in [1.29, 1.82) is 0 Å². The molecule has 1 saturated carbocycles. The third kappa shape index (κ3) is 11.5. The van der Waals surface area contributed by atoms with Gasteiger partial charge >= 0.3 is 0 Å². The maximum Gasteiger partial charge on any atom is 0.134 e. The molecule has 1 aliphatic rings. The summed E-state index contributed by atoms with van der Waals surface area (Å²) in [4.78, 5) is 0. The van der Waals surface area contributed by atoms with Crippen molar-refractivity contribution in [3.05, 3.63) is 53.8 Å². The molecule has 0 aliphatic heterocycles. The van der Waals surface area contributed by atoms with E-state index in [1.54, 1.807) is 6.07 Å². The number of aryl methyl sites for hydroxylation is 1. The fourth-order valence-electron chi connectivity index (χ4n) is 6.07. The van der Waals surface area contributed by atoms with Gasteiger partial charge in [-0.25, -0.2) is 4.39 Å². The number of hydrogen-bond acceptors (Lipinski definition) is 1. The lowest BCUT2D eigenvalue weighted by Crippen LogP contribution is -2.20. The first-order chi connectivity index (χ1) is 18.7. The minimum atomic E-state index is -0.191. The topological polar surface area (TPSA) is 9.23 Å². The van der Waals surface area contributed by atoms with Crippen LogP contribution in [0.3, 0.4) is 0 Å². The number of rotatable bonds is 19. The molecule has 1 nitrogen and oxygen atoms in total. The largest absolute Gasteiger partial charge is 0.493 e. The van der Waals surface area contributed by atoms with E-state index in [9.17, 15) is 4.39 Å². The summed E-state index contributed by atoms with van der Waals surface area (Å²) < 4.78 is 21.0. The summed E-state index contributed by atoms with van der Waals surface area (Å²) in [5.74, 6) is 2.00. The van der Waals surface area contributed by atoms with Crippen LogP contribution in [0.2, 0.25) is 0 Å². The Labute approximate surface area is 234 Å². The smallest absolute Gasteiger partial charge is 0.134 e. The predicted molar refractivity (Wildman–Crippen MR) is 162 cm³/mol. The van der Waals surface area contributed by atoms with E-state index in [1.807, 2.05) is 12.1 Å². The number of unbranched alkanes of at least 4 members (excludes halogenated alkanes) is 11. The monoisotopic (exact) mass is 522 g/mol. The minimum absolute atomic E-state index is 0.191. The Balaban J connectivity index is 1.32. The van der Waals surface area contributed by atoms with Crippen molar-refractivity contribution in [2.24, 2.45) is 11.8 Å². The Bertz CT molecular complexity index is 865. The van der Waals surface area contributed by atoms with E-state index in [-0.39, 0.29) is 5.82 Å². The highest BCUT2D eigenvalue weighted by Crippen LogP contribution is 2.33. The van der Waals surface area contributed by atoms with Crippen LogP contribution in [0.5, 0.6) is 5.75 Å². The predicted octanol–water partition coefficient (Wildman–Crippen LogP) is 11.7. The molecule has 0 atom stereocenters. The van der Waals surface area contributed by atoms with Crippen LogP contribution in [0.15, 0.2) is 42.5 Å². The quantitative estimate of drug-likeness (QED) is 0.167. The normalized spacial score (nSPS) is 17.6. The molecular weight excluding hydrogens is 467 g/mol. The van der Waals surface area contributed by atoms with Crippen LogP contribution in [0, 0.1) is 17.7 Å². The van der Waals surface area contributed by atoms with E-state index in [4.69, 9.17) is 4.74 Å². The number of ether oxygens (including phenoxy) is 1. The third-order valence-electron chi connectivity index (χ3n) is 8.69. The average Bonchev–Trinajstić information content (AvgIpc) is 2.94. The van der Waals surface area contributed by atoms with Crippen molar-refractivity contribution < 1.29 is 9.13 Å². The summed E-state index contributed by atoms with van der Waals surface area (Å²) in [7, 11) is 0. The highest BCUT2D eigenvalue weighted by atomic mass is 19.1. The van der Waals surface area contributed by atoms with Gasteiger partial charge < -0.3 is 4.74 Å².